The highest BCUT2D eigenvalue weighted by molar-refractivity contribution is 5.68. The average Bonchev–Trinajstić information content (AvgIpc) is 2.60. The number of nitrogens with zero attached hydrogens (tertiary/aromatic N) is 2. The summed E-state index contributed by atoms with van der Waals surface area (Å²) in [6.07, 6.45) is 0.963. The number of benzene rings is 1. The number of nitrogens with two attached hydrogens (primary N) is 1. The van der Waals surface area contributed by atoms with Crippen LogP contribution in [0, 0.1) is 0 Å². The van der Waals surface area contributed by atoms with E-state index in [1.165, 1.54) is 11.1 Å². The molecule has 1 saturated heterocycles. The summed E-state index contributed by atoms with van der Waals surface area (Å²) in [6.45, 7) is 7.94. The first-order valence-corrected chi connectivity index (χ1v) is 8.27. The molecule has 0 aliphatic carbocycles. The third-order valence-electron chi connectivity index (χ3n) is 4.82. The molecule has 1 fully saturated rings. The Kier molecular flexibility index (Phi) is 5.25. The molecule has 2 aliphatic rings. The summed E-state index contributed by atoms with van der Waals surface area (Å²) in [5, 5.41) is 0. The van der Waals surface area contributed by atoms with Crippen LogP contribution in [-0.2, 0) is 17.7 Å². The van der Waals surface area contributed by atoms with Crippen molar-refractivity contribution >= 4 is 5.69 Å². The molecule has 0 bridgehead atoms. The normalized spacial score (nSPS) is 19.4. The van der Waals surface area contributed by atoms with E-state index in [9.17, 15) is 0 Å². The molecule has 1 aromatic carbocycles. The molecule has 0 aromatic heterocycles. The summed E-state index contributed by atoms with van der Waals surface area (Å²) in [5.74, 6) is 1.38. The van der Waals surface area contributed by atoms with E-state index in [0.717, 1.165) is 70.3 Å². The first-order valence-electron chi connectivity index (χ1n) is 8.27. The third-order valence-corrected chi connectivity index (χ3v) is 4.82. The summed E-state index contributed by atoms with van der Waals surface area (Å²) < 4.78 is 16.2. The number of hydrogen-bond donors (Lipinski definition) is 1. The molecule has 23 heavy (non-hydrogen) atoms. The monoisotopic (exact) mass is 321 g/mol. The molecule has 128 valence electrons. The number of fused-ring (bicyclic) bond motifs is 1. The molecular formula is C17H27N3O3. The molecule has 2 aliphatic heterocycles. The Morgan fingerprint density at radius 1 is 1.09 bits per heavy atom. The number of rotatable bonds is 5. The minimum absolute atomic E-state index is 0.660. The highest BCUT2D eigenvalue weighted by atomic mass is 16.5. The topological polar surface area (TPSA) is 60.2 Å². The maximum absolute atomic E-state index is 6.28. The van der Waals surface area contributed by atoms with Crippen molar-refractivity contribution in [3.8, 4) is 11.5 Å². The lowest BCUT2D eigenvalue weighted by Crippen LogP contribution is -2.42. The van der Waals surface area contributed by atoms with Gasteiger partial charge in [-0.1, -0.05) is 0 Å². The Morgan fingerprint density at radius 3 is 2.52 bits per heavy atom. The third kappa shape index (κ3) is 3.54. The molecule has 0 atom stereocenters. The van der Waals surface area contributed by atoms with Crippen molar-refractivity contribution in [3.05, 3.63) is 17.2 Å². The summed E-state index contributed by atoms with van der Waals surface area (Å²) in [5.41, 5.74) is 9.48. The van der Waals surface area contributed by atoms with Gasteiger partial charge in [0.1, 0.15) is 0 Å². The number of morpholine rings is 1. The standard InChI is InChI=1S/C17H27N3O3/c1-21-15-11-13-12-20(6-5-19-7-9-23-10-8-19)4-3-14(13)16(18)17(15)22-2/h11H,3-10,12,18H2,1-2H3. The van der Waals surface area contributed by atoms with Gasteiger partial charge in [-0.05, 0) is 23.6 Å². The Hall–Kier alpha value is -1.50. The highest BCUT2D eigenvalue weighted by Crippen LogP contribution is 2.40. The van der Waals surface area contributed by atoms with Crippen LogP contribution in [0.4, 0.5) is 5.69 Å². The maximum Gasteiger partial charge on any atom is 0.184 e. The smallest absolute Gasteiger partial charge is 0.184 e. The van der Waals surface area contributed by atoms with Crippen LogP contribution in [0.15, 0.2) is 6.07 Å². The maximum atomic E-state index is 6.28. The molecule has 0 amide bonds. The zero-order valence-corrected chi connectivity index (χ0v) is 14.1. The quantitative estimate of drug-likeness (QED) is 0.816. The predicted octanol–water partition coefficient (Wildman–Crippen LogP) is 0.976. The summed E-state index contributed by atoms with van der Waals surface area (Å²) in [4.78, 5) is 4.96. The van der Waals surface area contributed by atoms with Gasteiger partial charge in [0.25, 0.3) is 0 Å². The van der Waals surface area contributed by atoms with Crippen molar-refractivity contribution in [2.75, 3.05) is 65.9 Å². The van der Waals surface area contributed by atoms with E-state index in [1.54, 1.807) is 14.2 Å². The van der Waals surface area contributed by atoms with Crippen molar-refractivity contribution in [2.45, 2.75) is 13.0 Å². The lowest BCUT2D eigenvalue weighted by Gasteiger charge is -2.33. The van der Waals surface area contributed by atoms with Gasteiger partial charge in [-0.2, -0.15) is 0 Å². The van der Waals surface area contributed by atoms with Crippen LogP contribution in [0.3, 0.4) is 0 Å². The van der Waals surface area contributed by atoms with Gasteiger partial charge in [-0.15, -0.1) is 0 Å². The van der Waals surface area contributed by atoms with Gasteiger partial charge in [0.05, 0.1) is 33.1 Å². The van der Waals surface area contributed by atoms with E-state index < -0.39 is 0 Å². The number of anilines is 1. The minimum atomic E-state index is 0.660. The fourth-order valence-corrected chi connectivity index (χ4v) is 3.44. The van der Waals surface area contributed by atoms with Crippen molar-refractivity contribution in [1.82, 2.24) is 9.80 Å². The molecule has 2 heterocycles. The molecule has 3 rings (SSSR count). The van der Waals surface area contributed by atoms with Crippen LogP contribution in [-0.4, -0.2) is 70.0 Å². The van der Waals surface area contributed by atoms with E-state index in [0.29, 0.717) is 5.75 Å². The van der Waals surface area contributed by atoms with Gasteiger partial charge < -0.3 is 19.9 Å². The van der Waals surface area contributed by atoms with Gasteiger partial charge in [0.2, 0.25) is 0 Å². The van der Waals surface area contributed by atoms with Gasteiger partial charge in [0.15, 0.2) is 11.5 Å². The first-order chi connectivity index (χ1) is 11.2. The fraction of sp³-hybridized carbons (Fsp3) is 0.647. The largest absolute Gasteiger partial charge is 0.493 e. The van der Waals surface area contributed by atoms with Gasteiger partial charge in [-0.25, -0.2) is 0 Å². The van der Waals surface area contributed by atoms with Crippen LogP contribution in [0.25, 0.3) is 0 Å². The van der Waals surface area contributed by atoms with Gasteiger partial charge >= 0.3 is 0 Å². The van der Waals surface area contributed by atoms with Crippen molar-refractivity contribution in [2.24, 2.45) is 0 Å². The summed E-state index contributed by atoms with van der Waals surface area (Å²) in [7, 11) is 3.29. The Labute approximate surface area is 138 Å². The van der Waals surface area contributed by atoms with Gasteiger partial charge in [-0.3, -0.25) is 9.80 Å². The predicted molar refractivity (Wildman–Crippen MR) is 90.2 cm³/mol. The zero-order valence-electron chi connectivity index (χ0n) is 14.1. The van der Waals surface area contributed by atoms with Gasteiger partial charge in [0, 0.05) is 39.3 Å². The Balaban J connectivity index is 1.66. The lowest BCUT2D eigenvalue weighted by atomic mass is 9.96. The molecule has 2 N–H and O–H groups in total. The number of hydrogen-bond acceptors (Lipinski definition) is 6. The molecular weight excluding hydrogens is 294 g/mol. The average molecular weight is 321 g/mol. The lowest BCUT2D eigenvalue weighted by molar-refractivity contribution is 0.0327. The van der Waals surface area contributed by atoms with Crippen LogP contribution in [0.5, 0.6) is 11.5 Å². The van der Waals surface area contributed by atoms with Crippen molar-refractivity contribution < 1.29 is 14.2 Å². The molecule has 6 heteroatoms. The number of ether oxygens (including phenoxy) is 3. The van der Waals surface area contributed by atoms with Crippen LogP contribution in [0.1, 0.15) is 11.1 Å². The molecule has 6 nitrogen and oxygen atoms in total. The first kappa shape index (κ1) is 16.4. The number of methoxy groups -OCH3 is 2. The highest BCUT2D eigenvalue weighted by Gasteiger charge is 2.23. The second-order valence-electron chi connectivity index (χ2n) is 6.14. The molecule has 0 unspecified atom stereocenters. The van der Waals surface area contributed by atoms with Crippen molar-refractivity contribution in [3.63, 3.8) is 0 Å². The Bertz CT molecular complexity index is 544. The zero-order chi connectivity index (χ0) is 16.2. The van der Waals surface area contributed by atoms with Crippen LogP contribution in [0.2, 0.25) is 0 Å². The summed E-state index contributed by atoms with van der Waals surface area (Å²) >= 11 is 0. The Morgan fingerprint density at radius 2 is 1.83 bits per heavy atom. The number of nitrogen functional groups attached to an aromatic ring is 1. The van der Waals surface area contributed by atoms with E-state index in [2.05, 4.69) is 15.9 Å². The van der Waals surface area contributed by atoms with Crippen molar-refractivity contribution in [1.29, 1.82) is 0 Å². The fourth-order valence-electron chi connectivity index (χ4n) is 3.44. The second-order valence-corrected chi connectivity index (χ2v) is 6.14. The van der Waals surface area contributed by atoms with E-state index >= 15 is 0 Å². The van der Waals surface area contributed by atoms with E-state index in [-0.39, 0.29) is 0 Å². The van der Waals surface area contributed by atoms with E-state index in [4.69, 9.17) is 19.9 Å². The molecule has 0 radical (unpaired) electrons. The molecule has 0 spiro atoms. The molecule has 0 saturated carbocycles. The van der Waals surface area contributed by atoms with Crippen LogP contribution < -0.4 is 15.2 Å². The minimum Gasteiger partial charge on any atom is -0.493 e. The summed E-state index contributed by atoms with van der Waals surface area (Å²) in [6, 6.07) is 2.07. The van der Waals surface area contributed by atoms with E-state index in [1.807, 2.05) is 0 Å². The van der Waals surface area contributed by atoms with Crippen LogP contribution >= 0.6 is 0 Å². The molecule has 1 aromatic rings. The second kappa shape index (κ2) is 7.38. The SMILES string of the molecule is COc1cc2c(c(N)c1OC)CCN(CCN1CCOCC1)C2.